The number of phenolic OH excluding ortho intramolecular Hbond substituents is 3. The number of rotatable bonds is 4. The molecule has 0 saturated carbocycles. The van der Waals surface area contributed by atoms with Crippen molar-refractivity contribution in [3.05, 3.63) is 17.7 Å². The molecule has 1 rings (SSSR count). The number of phenols is 3. The SMILES string of the molecule is CCC(C)(CC)OC(=O)c1cc(O)c(O)c(O)c1. The maximum absolute atomic E-state index is 11.9. The first-order chi connectivity index (χ1) is 8.33. The van der Waals surface area contributed by atoms with Crippen molar-refractivity contribution in [3.63, 3.8) is 0 Å². The lowest BCUT2D eigenvalue weighted by atomic mass is 10.00. The van der Waals surface area contributed by atoms with Gasteiger partial charge in [0.15, 0.2) is 17.2 Å². The molecule has 18 heavy (non-hydrogen) atoms. The predicted molar refractivity (Wildman–Crippen MR) is 65.8 cm³/mol. The standard InChI is InChI=1S/C13H18O5/c1-4-13(3,5-2)18-12(17)8-6-9(14)11(16)10(15)7-8/h6-7,14-16H,4-5H2,1-3H3. The Morgan fingerprint density at radius 1 is 1.17 bits per heavy atom. The minimum absolute atomic E-state index is 0.00377. The topological polar surface area (TPSA) is 87.0 Å². The summed E-state index contributed by atoms with van der Waals surface area (Å²) in [7, 11) is 0. The second kappa shape index (κ2) is 5.16. The lowest BCUT2D eigenvalue weighted by Crippen LogP contribution is -2.30. The van der Waals surface area contributed by atoms with E-state index in [1.54, 1.807) is 0 Å². The maximum atomic E-state index is 11.9. The Kier molecular flexibility index (Phi) is 4.06. The summed E-state index contributed by atoms with van der Waals surface area (Å²) in [5, 5.41) is 27.8. The summed E-state index contributed by atoms with van der Waals surface area (Å²) in [6.07, 6.45) is 1.32. The second-order valence-corrected chi connectivity index (χ2v) is 4.41. The van der Waals surface area contributed by atoms with Crippen molar-refractivity contribution in [2.24, 2.45) is 0 Å². The van der Waals surface area contributed by atoms with Gasteiger partial charge in [0.25, 0.3) is 0 Å². The largest absolute Gasteiger partial charge is 0.504 e. The number of ether oxygens (including phenoxy) is 1. The second-order valence-electron chi connectivity index (χ2n) is 4.41. The first kappa shape index (κ1) is 14.2. The Morgan fingerprint density at radius 3 is 2.00 bits per heavy atom. The third-order valence-electron chi connectivity index (χ3n) is 3.14. The molecular weight excluding hydrogens is 236 g/mol. The van der Waals surface area contributed by atoms with Crippen LogP contribution < -0.4 is 0 Å². The van der Waals surface area contributed by atoms with Gasteiger partial charge in [-0.15, -0.1) is 0 Å². The summed E-state index contributed by atoms with van der Waals surface area (Å²) < 4.78 is 5.33. The third-order valence-corrected chi connectivity index (χ3v) is 3.14. The number of carbonyl (C=O) groups is 1. The fourth-order valence-electron chi connectivity index (χ4n) is 1.40. The van der Waals surface area contributed by atoms with Gasteiger partial charge < -0.3 is 20.1 Å². The van der Waals surface area contributed by atoms with E-state index in [2.05, 4.69) is 0 Å². The molecule has 0 amide bonds. The summed E-state index contributed by atoms with van der Waals surface area (Å²) in [4.78, 5) is 11.9. The van der Waals surface area contributed by atoms with Crippen LogP contribution in [0.25, 0.3) is 0 Å². The molecule has 5 heteroatoms. The molecule has 3 N–H and O–H groups in total. The molecule has 0 spiro atoms. The molecule has 100 valence electrons. The van der Waals surface area contributed by atoms with Crippen LogP contribution >= 0.6 is 0 Å². The van der Waals surface area contributed by atoms with Crippen molar-refractivity contribution in [2.75, 3.05) is 0 Å². The molecule has 0 saturated heterocycles. The lowest BCUT2D eigenvalue weighted by Gasteiger charge is -2.26. The molecule has 0 fully saturated rings. The van der Waals surface area contributed by atoms with Gasteiger partial charge >= 0.3 is 5.97 Å². The van der Waals surface area contributed by atoms with Gasteiger partial charge in [0.05, 0.1) is 5.56 Å². The number of benzene rings is 1. The minimum atomic E-state index is -0.653. The van der Waals surface area contributed by atoms with E-state index in [1.807, 2.05) is 20.8 Å². The Labute approximate surface area is 106 Å². The van der Waals surface area contributed by atoms with Crippen molar-refractivity contribution >= 4 is 5.97 Å². The molecule has 0 atom stereocenters. The van der Waals surface area contributed by atoms with Crippen molar-refractivity contribution in [2.45, 2.75) is 39.2 Å². The Morgan fingerprint density at radius 2 is 1.61 bits per heavy atom. The molecule has 0 aliphatic carbocycles. The molecule has 0 aliphatic rings. The van der Waals surface area contributed by atoms with Gasteiger partial charge in [-0.3, -0.25) is 0 Å². The Hall–Kier alpha value is -1.91. The summed E-state index contributed by atoms with van der Waals surface area (Å²) in [5.41, 5.74) is -0.587. The smallest absolute Gasteiger partial charge is 0.338 e. The number of hydrogen-bond donors (Lipinski definition) is 3. The van der Waals surface area contributed by atoms with E-state index in [1.165, 1.54) is 0 Å². The predicted octanol–water partition coefficient (Wildman–Crippen LogP) is 2.54. The van der Waals surface area contributed by atoms with Gasteiger partial charge in [-0.05, 0) is 31.9 Å². The molecular formula is C13H18O5. The van der Waals surface area contributed by atoms with Crippen molar-refractivity contribution in [1.82, 2.24) is 0 Å². The van der Waals surface area contributed by atoms with Gasteiger partial charge in [0, 0.05) is 0 Å². The van der Waals surface area contributed by atoms with Gasteiger partial charge in [-0.1, -0.05) is 13.8 Å². The first-order valence-electron chi connectivity index (χ1n) is 5.81. The highest BCUT2D eigenvalue weighted by molar-refractivity contribution is 5.91. The summed E-state index contributed by atoms with van der Waals surface area (Å²) in [6.45, 7) is 5.62. The van der Waals surface area contributed by atoms with Crippen LogP contribution in [0.4, 0.5) is 0 Å². The number of aromatic hydroxyl groups is 3. The lowest BCUT2D eigenvalue weighted by molar-refractivity contribution is -0.0131. The quantitative estimate of drug-likeness (QED) is 0.567. The first-order valence-corrected chi connectivity index (χ1v) is 5.81. The zero-order valence-corrected chi connectivity index (χ0v) is 10.7. The highest BCUT2D eigenvalue weighted by atomic mass is 16.6. The van der Waals surface area contributed by atoms with Crippen LogP contribution in [-0.4, -0.2) is 26.9 Å². The van der Waals surface area contributed by atoms with Crippen molar-refractivity contribution < 1.29 is 24.9 Å². The van der Waals surface area contributed by atoms with Gasteiger partial charge in [0.2, 0.25) is 0 Å². The van der Waals surface area contributed by atoms with Gasteiger partial charge in [0.1, 0.15) is 5.60 Å². The monoisotopic (exact) mass is 254 g/mol. The maximum Gasteiger partial charge on any atom is 0.338 e. The minimum Gasteiger partial charge on any atom is -0.504 e. The molecule has 0 bridgehead atoms. The van der Waals surface area contributed by atoms with Crippen LogP contribution in [0.3, 0.4) is 0 Å². The number of esters is 1. The van der Waals surface area contributed by atoms with Crippen molar-refractivity contribution in [3.8, 4) is 17.2 Å². The molecule has 1 aromatic carbocycles. The van der Waals surface area contributed by atoms with E-state index >= 15 is 0 Å². The molecule has 5 nitrogen and oxygen atoms in total. The van der Waals surface area contributed by atoms with Crippen molar-refractivity contribution in [1.29, 1.82) is 0 Å². The zero-order valence-electron chi connectivity index (χ0n) is 10.7. The average molecular weight is 254 g/mol. The van der Waals surface area contributed by atoms with E-state index < -0.39 is 28.8 Å². The van der Waals surface area contributed by atoms with Gasteiger partial charge in [-0.25, -0.2) is 4.79 Å². The van der Waals surface area contributed by atoms with E-state index in [0.717, 1.165) is 12.1 Å². The van der Waals surface area contributed by atoms with E-state index in [9.17, 15) is 20.1 Å². The van der Waals surface area contributed by atoms with E-state index in [-0.39, 0.29) is 5.56 Å². The fraction of sp³-hybridized carbons (Fsp3) is 0.462. The molecule has 1 aromatic rings. The average Bonchev–Trinajstić information content (AvgIpc) is 2.35. The fourth-order valence-corrected chi connectivity index (χ4v) is 1.40. The zero-order chi connectivity index (χ0) is 13.9. The van der Waals surface area contributed by atoms with E-state index in [4.69, 9.17) is 4.74 Å². The third kappa shape index (κ3) is 2.85. The molecule has 0 aromatic heterocycles. The van der Waals surface area contributed by atoms with Gasteiger partial charge in [-0.2, -0.15) is 0 Å². The molecule has 0 unspecified atom stereocenters. The normalized spacial score (nSPS) is 11.3. The number of carbonyl (C=O) groups excluding carboxylic acids is 1. The van der Waals surface area contributed by atoms with Crippen LogP contribution in [0, 0.1) is 0 Å². The van der Waals surface area contributed by atoms with E-state index in [0.29, 0.717) is 12.8 Å². The molecule has 0 aliphatic heterocycles. The van der Waals surface area contributed by atoms with Crippen LogP contribution in [0.2, 0.25) is 0 Å². The Bertz CT molecular complexity index is 426. The molecule has 0 heterocycles. The van der Waals surface area contributed by atoms with Crippen LogP contribution in [-0.2, 0) is 4.74 Å². The van der Waals surface area contributed by atoms with Crippen LogP contribution in [0.5, 0.6) is 17.2 Å². The number of hydrogen-bond acceptors (Lipinski definition) is 5. The Balaban J connectivity index is 2.98. The highest BCUT2D eigenvalue weighted by Gasteiger charge is 2.26. The summed E-state index contributed by atoms with van der Waals surface area (Å²) in [5.74, 6) is -2.42. The van der Waals surface area contributed by atoms with Crippen LogP contribution in [0.1, 0.15) is 44.0 Å². The summed E-state index contributed by atoms with van der Waals surface area (Å²) in [6, 6.07) is 2.12. The summed E-state index contributed by atoms with van der Waals surface area (Å²) >= 11 is 0. The molecule has 0 radical (unpaired) electrons. The highest BCUT2D eigenvalue weighted by Crippen LogP contribution is 2.36. The van der Waals surface area contributed by atoms with Crippen LogP contribution in [0.15, 0.2) is 12.1 Å².